The average molecular weight is 183 g/mol. The van der Waals surface area contributed by atoms with Gasteiger partial charge in [0.2, 0.25) is 5.79 Å². The summed E-state index contributed by atoms with van der Waals surface area (Å²) in [5.74, 6) is -1.05. The largest absolute Gasteiger partial charge is 0.432 e. The lowest BCUT2D eigenvalue weighted by Gasteiger charge is -2.20. The molecule has 0 saturated carbocycles. The molecule has 1 atom stereocenters. The number of cyclic esters (lactones) is 1. The van der Waals surface area contributed by atoms with Crippen molar-refractivity contribution in [2.24, 2.45) is 0 Å². The standard InChI is InChI=1S/C9H13NO3/c1-9(5-3-2-4-6-10)12-7-8(11)13-9/h2-5,7H2,1H3. The summed E-state index contributed by atoms with van der Waals surface area (Å²) >= 11 is 0. The molecule has 0 radical (unpaired) electrons. The first kappa shape index (κ1) is 10.0. The van der Waals surface area contributed by atoms with Crippen LogP contribution in [-0.4, -0.2) is 18.4 Å². The van der Waals surface area contributed by atoms with Crippen molar-refractivity contribution in [3.05, 3.63) is 0 Å². The normalized spacial score (nSPS) is 26.9. The zero-order valence-electron chi connectivity index (χ0n) is 7.71. The molecule has 4 heteroatoms. The molecule has 0 N–H and O–H groups in total. The van der Waals surface area contributed by atoms with Crippen LogP contribution in [0.3, 0.4) is 0 Å². The molecule has 1 unspecified atom stereocenters. The van der Waals surface area contributed by atoms with Crippen molar-refractivity contribution >= 4 is 5.97 Å². The van der Waals surface area contributed by atoms with Crippen molar-refractivity contribution in [3.63, 3.8) is 0 Å². The van der Waals surface area contributed by atoms with Crippen LogP contribution in [0.2, 0.25) is 0 Å². The van der Waals surface area contributed by atoms with E-state index in [9.17, 15) is 4.79 Å². The van der Waals surface area contributed by atoms with E-state index in [4.69, 9.17) is 14.7 Å². The molecule has 0 amide bonds. The summed E-state index contributed by atoms with van der Waals surface area (Å²) in [6.45, 7) is 1.80. The second-order valence-corrected chi connectivity index (χ2v) is 3.26. The van der Waals surface area contributed by atoms with E-state index in [1.807, 2.05) is 0 Å². The van der Waals surface area contributed by atoms with Crippen LogP contribution in [0.15, 0.2) is 0 Å². The summed E-state index contributed by atoms with van der Waals surface area (Å²) in [4.78, 5) is 10.7. The van der Waals surface area contributed by atoms with E-state index in [0.717, 1.165) is 12.8 Å². The van der Waals surface area contributed by atoms with Crippen LogP contribution in [0.4, 0.5) is 0 Å². The first-order chi connectivity index (χ1) is 6.16. The molecular weight excluding hydrogens is 170 g/mol. The minimum Gasteiger partial charge on any atom is -0.432 e. The minimum absolute atomic E-state index is 0.0503. The Bertz CT molecular complexity index is 234. The van der Waals surface area contributed by atoms with Gasteiger partial charge in [-0.1, -0.05) is 0 Å². The van der Waals surface area contributed by atoms with E-state index in [1.165, 1.54) is 0 Å². The van der Waals surface area contributed by atoms with E-state index in [2.05, 4.69) is 6.07 Å². The molecule has 1 aliphatic heterocycles. The van der Waals surface area contributed by atoms with Gasteiger partial charge in [0.15, 0.2) is 0 Å². The quantitative estimate of drug-likeness (QED) is 0.487. The number of carbonyl (C=O) groups is 1. The van der Waals surface area contributed by atoms with E-state index in [1.54, 1.807) is 6.92 Å². The maximum Gasteiger partial charge on any atom is 0.334 e. The van der Waals surface area contributed by atoms with Crippen molar-refractivity contribution in [1.29, 1.82) is 5.26 Å². The van der Waals surface area contributed by atoms with Gasteiger partial charge in [0.25, 0.3) is 0 Å². The van der Waals surface area contributed by atoms with E-state index < -0.39 is 5.79 Å². The highest BCUT2D eigenvalue weighted by atomic mass is 16.8. The maximum absolute atomic E-state index is 10.7. The van der Waals surface area contributed by atoms with Gasteiger partial charge in [-0.25, -0.2) is 4.79 Å². The van der Waals surface area contributed by atoms with Crippen molar-refractivity contribution in [2.45, 2.75) is 38.4 Å². The Morgan fingerprint density at radius 3 is 2.92 bits per heavy atom. The lowest BCUT2D eigenvalue weighted by Crippen LogP contribution is -2.25. The van der Waals surface area contributed by atoms with E-state index in [-0.39, 0.29) is 12.6 Å². The Morgan fingerprint density at radius 1 is 1.62 bits per heavy atom. The number of unbranched alkanes of at least 4 members (excludes halogenated alkanes) is 2. The first-order valence-corrected chi connectivity index (χ1v) is 4.39. The van der Waals surface area contributed by atoms with Crippen molar-refractivity contribution < 1.29 is 14.3 Å². The highest BCUT2D eigenvalue weighted by Crippen LogP contribution is 2.25. The van der Waals surface area contributed by atoms with Gasteiger partial charge >= 0.3 is 5.97 Å². The SMILES string of the molecule is CC1(CCCCC#N)OCC(=O)O1. The van der Waals surface area contributed by atoms with Crippen molar-refractivity contribution in [3.8, 4) is 6.07 Å². The van der Waals surface area contributed by atoms with Crippen LogP contribution in [0, 0.1) is 11.3 Å². The number of nitrogens with zero attached hydrogens (tertiary/aromatic N) is 1. The van der Waals surface area contributed by atoms with E-state index >= 15 is 0 Å². The predicted molar refractivity (Wildman–Crippen MR) is 44.5 cm³/mol. The molecule has 0 bridgehead atoms. The van der Waals surface area contributed by atoms with Crippen LogP contribution in [0.5, 0.6) is 0 Å². The second kappa shape index (κ2) is 4.24. The Hall–Kier alpha value is -1.08. The highest BCUT2D eigenvalue weighted by molar-refractivity contribution is 5.72. The molecule has 1 aliphatic rings. The number of esters is 1. The fourth-order valence-corrected chi connectivity index (χ4v) is 1.28. The van der Waals surface area contributed by atoms with Gasteiger partial charge in [-0.05, 0) is 12.8 Å². The third kappa shape index (κ3) is 3.03. The van der Waals surface area contributed by atoms with Gasteiger partial charge in [0.1, 0.15) is 6.61 Å². The zero-order chi connectivity index (χ0) is 9.73. The fraction of sp³-hybridized carbons (Fsp3) is 0.778. The highest BCUT2D eigenvalue weighted by Gasteiger charge is 2.35. The van der Waals surface area contributed by atoms with Gasteiger partial charge in [-0.15, -0.1) is 0 Å². The molecule has 0 aromatic rings. The third-order valence-electron chi connectivity index (χ3n) is 1.99. The molecular formula is C9H13NO3. The summed E-state index contributed by atoms with van der Waals surface area (Å²) in [6.07, 6.45) is 2.88. The molecule has 72 valence electrons. The number of rotatable bonds is 4. The number of hydrogen-bond donors (Lipinski definition) is 0. The minimum atomic E-state index is -0.744. The topological polar surface area (TPSA) is 59.3 Å². The Labute approximate surface area is 77.4 Å². The fourth-order valence-electron chi connectivity index (χ4n) is 1.28. The van der Waals surface area contributed by atoms with Crippen LogP contribution >= 0.6 is 0 Å². The molecule has 1 fully saturated rings. The Balaban J connectivity index is 2.21. The monoisotopic (exact) mass is 183 g/mol. The average Bonchev–Trinajstić information content (AvgIpc) is 2.41. The maximum atomic E-state index is 10.7. The molecule has 1 saturated heterocycles. The Kier molecular flexibility index (Phi) is 3.26. The lowest BCUT2D eigenvalue weighted by atomic mass is 10.1. The molecule has 0 aliphatic carbocycles. The molecule has 1 rings (SSSR count). The van der Waals surface area contributed by atoms with Gasteiger partial charge in [0.05, 0.1) is 6.07 Å². The van der Waals surface area contributed by atoms with Crippen LogP contribution in [-0.2, 0) is 14.3 Å². The second-order valence-electron chi connectivity index (χ2n) is 3.26. The van der Waals surface area contributed by atoms with Gasteiger partial charge in [-0.2, -0.15) is 5.26 Å². The Morgan fingerprint density at radius 2 is 2.38 bits per heavy atom. The van der Waals surface area contributed by atoms with Crippen molar-refractivity contribution in [1.82, 2.24) is 0 Å². The molecule has 0 aromatic carbocycles. The number of nitriles is 1. The summed E-state index contributed by atoms with van der Waals surface area (Å²) in [6, 6.07) is 2.07. The molecule has 0 spiro atoms. The predicted octanol–water partition coefficient (Wildman–Crippen LogP) is 1.36. The summed E-state index contributed by atoms with van der Waals surface area (Å²) < 4.78 is 10.2. The first-order valence-electron chi connectivity index (χ1n) is 4.39. The molecule has 4 nitrogen and oxygen atoms in total. The van der Waals surface area contributed by atoms with Crippen LogP contribution < -0.4 is 0 Å². The third-order valence-corrected chi connectivity index (χ3v) is 1.99. The van der Waals surface area contributed by atoms with E-state index in [0.29, 0.717) is 12.8 Å². The number of ether oxygens (including phenoxy) is 2. The molecule has 0 aromatic heterocycles. The van der Waals surface area contributed by atoms with Gasteiger partial charge in [0, 0.05) is 19.8 Å². The molecule has 1 heterocycles. The van der Waals surface area contributed by atoms with Gasteiger partial charge < -0.3 is 9.47 Å². The smallest absolute Gasteiger partial charge is 0.334 e. The summed E-state index contributed by atoms with van der Waals surface area (Å²) in [7, 11) is 0. The summed E-state index contributed by atoms with van der Waals surface area (Å²) in [5, 5.41) is 8.30. The van der Waals surface area contributed by atoms with Gasteiger partial charge in [-0.3, -0.25) is 0 Å². The van der Waals surface area contributed by atoms with Crippen LogP contribution in [0.1, 0.15) is 32.6 Å². The summed E-state index contributed by atoms with van der Waals surface area (Å²) in [5.41, 5.74) is 0. The van der Waals surface area contributed by atoms with Crippen LogP contribution in [0.25, 0.3) is 0 Å². The zero-order valence-corrected chi connectivity index (χ0v) is 7.71. The number of hydrogen-bond acceptors (Lipinski definition) is 4. The van der Waals surface area contributed by atoms with Crippen molar-refractivity contribution in [2.75, 3.05) is 6.61 Å². The molecule has 13 heavy (non-hydrogen) atoms. The number of carbonyl (C=O) groups excluding carboxylic acids is 1. The lowest BCUT2D eigenvalue weighted by molar-refractivity contribution is -0.168.